The molecule has 0 amide bonds. The van der Waals surface area contributed by atoms with Crippen molar-refractivity contribution in [3.63, 3.8) is 0 Å². The predicted octanol–water partition coefficient (Wildman–Crippen LogP) is 4.32. The largest absolute Gasteiger partial charge is 0.383 e. The van der Waals surface area contributed by atoms with E-state index in [0.717, 1.165) is 5.56 Å². The van der Waals surface area contributed by atoms with Crippen molar-refractivity contribution >= 4 is 23.2 Å². The number of methoxy groups -OCH3 is 1. The molecule has 2 nitrogen and oxygen atoms in total. The molecule has 0 radical (unpaired) electrons. The Kier molecular flexibility index (Phi) is 6.44. The molecule has 0 saturated heterocycles. The van der Waals surface area contributed by atoms with Crippen LogP contribution < -0.4 is 5.32 Å². The van der Waals surface area contributed by atoms with E-state index in [-0.39, 0.29) is 6.04 Å². The second kappa shape index (κ2) is 7.34. The van der Waals surface area contributed by atoms with Gasteiger partial charge in [-0.2, -0.15) is 0 Å². The number of hydrogen-bond donors (Lipinski definition) is 1. The fourth-order valence-electron chi connectivity index (χ4n) is 1.88. The maximum atomic E-state index is 6.22. The van der Waals surface area contributed by atoms with Gasteiger partial charge in [-0.3, -0.25) is 0 Å². The van der Waals surface area contributed by atoms with Crippen LogP contribution in [0.15, 0.2) is 18.2 Å². The molecule has 1 N–H and O–H groups in total. The lowest BCUT2D eigenvalue weighted by Gasteiger charge is -2.26. The Labute approximate surface area is 120 Å². The summed E-state index contributed by atoms with van der Waals surface area (Å²) in [5, 5.41) is 4.75. The zero-order valence-corrected chi connectivity index (χ0v) is 12.8. The van der Waals surface area contributed by atoms with Crippen molar-refractivity contribution in [2.24, 2.45) is 5.92 Å². The Balaban J connectivity index is 2.80. The molecule has 0 spiro atoms. The zero-order valence-electron chi connectivity index (χ0n) is 11.3. The number of halogens is 2. The molecule has 102 valence electrons. The Morgan fingerprint density at radius 1 is 1.22 bits per heavy atom. The lowest BCUT2D eigenvalue weighted by atomic mass is 10.0. The summed E-state index contributed by atoms with van der Waals surface area (Å²) in [6.07, 6.45) is 0. The summed E-state index contributed by atoms with van der Waals surface area (Å²) in [6, 6.07) is 6.15. The zero-order chi connectivity index (χ0) is 13.7. The van der Waals surface area contributed by atoms with Crippen molar-refractivity contribution in [3.8, 4) is 0 Å². The van der Waals surface area contributed by atoms with Crippen LogP contribution in [-0.4, -0.2) is 19.8 Å². The summed E-state index contributed by atoms with van der Waals surface area (Å²) >= 11 is 12.3. The molecule has 2 unspecified atom stereocenters. The summed E-state index contributed by atoms with van der Waals surface area (Å²) in [5.74, 6) is 0.491. The number of rotatable bonds is 6. The van der Waals surface area contributed by atoms with Gasteiger partial charge in [0.15, 0.2) is 0 Å². The first-order valence-electron chi connectivity index (χ1n) is 6.16. The molecular weight excluding hydrogens is 269 g/mol. The normalized spacial score (nSPS) is 14.8. The predicted molar refractivity (Wildman–Crippen MR) is 78.5 cm³/mol. The van der Waals surface area contributed by atoms with Crippen LogP contribution in [0.5, 0.6) is 0 Å². The van der Waals surface area contributed by atoms with Gasteiger partial charge in [0, 0.05) is 19.2 Å². The molecule has 1 aromatic rings. The van der Waals surface area contributed by atoms with Crippen molar-refractivity contribution in [2.45, 2.75) is 32.9 Å². The van der Waals surface area contributed by atoms with Gasteiger partial charge in [-0.15, -0.1) is 0 Å². The van der Waals surface area contributed by atoms with E-state index in [1.807, 2.05) is 12.1 Å². The fourth-order valence-corrected chi connectivity index (χ4v) is 2.35. The first-order chi connectivity index (χ1) is 8.47. The van der Waals surface area contributed by atoms with Crippen molar-refractivity contribution in [3.05, 3.63) is 33.8 Å². The number of benzene rings is 1. The van der Waals surface area contributed by atoms with Crippen molar-refractivity contribution in [1.29, 1.82) is 0 Å². The average molecular weight is 290 g/mol. The highest BCUT2D eigenvalue weighted by atomic mass is 35.5. The first-order valence-corrected chi connectivity index (χ1v) is 6.91. The molecule has 1 rings (SSSR count). The van der Waals surface area contributed by atoms with Gasteiger partial charge in [-0.25, -0.2) is 0 Å². The van der Waals surface area contributed by atoms with E-state index in [1.165, 1.54) is 0 Å². The van der Waals surface area contributed by atoms with E-state index < -0.39 is 0 Å². The van der Waals surface area contributed by atoms with Gasteiger partial charge in [0.25, 0.3) is 0 Å². The minimum Gasteiger partial charge on any atom is -0.383 e. The Morgan fingerprint density at radius 2 is 1.89 bits per heavy atom. The minimum atomic E-state index is 0.138. The van der Waals surface area contributed by atoms with E-state index in [4.69, 9.17) is 27.9 Å². The SMILES string of the molecule is COCC(NC(C)c1cccc(Cl)c1Cl)C(C)C. The summed E-state index contributed by atoms with van der Waals surface area (Å²) in [4.78, 5) is 0. The molecule has 0 aliphatic heterocycles. The summed E-state index contributed by atoms with van der Waals surface area (Å²) in [7, 11) is 1.72. The van der Waals surface area contributed by atoms with Crippen LogP contribution in [0.2, 0.25) is 10.0 Å². The quantitative estimate of drug-likeness (QED) is 0.842. The highest BCUT2D eigenvalue weighted by molar-refractivity contribution is 6.42. The molecule has 0 saturated carbocycles. The molecule has 0 fully saturated rings. The highest BCUT2D eigenvalue weighted by Gasteiger charge is 2.18. The van der Waals surface area contributed by atoms with Crippen LogP contribution >= 0.6 is 23.2 Å². The van der Waals surface area contributed by atoms with Gasteiger partial charge >= 0.3 is 0 Å². The van der Waals surface area contributed by atoms with E-state index >= 15 is 0 Å². The Morgan fingerprint density at radius 3 is 2.44 bits per heavy atom. The van der Waals surface area contributed by atoms with Crippen LogP contribution in [0.1, 0.15) is 32.4 Å². The van der Waals surface area contributed by atoms with E-state index in [2.05, 4.69) is 26.1 Å². The molecule has 4 heteroatoms. The molecule has 2 atom stereocenters. The Hall–Kier alpha value is -0.280. The standard InChI is InChI=1S/C14H21Cl2NO/c1-9(2)13(8-18-4)17-10(3)11-6-5-7-12(15)14(11)16/h5-7,9-10,13,17H,8H2,1-4H3. The van der Waals surface area contributed by atoms with Gasteiger partial charge in [-0.05, 0) is 24.5 Å². The van der Waals surface area contributed by atoms with Gasteiger partial charge in [-0.1, -0.05) is 49.2 Å². The van der Waals surface area contributed by atoms with E-state index in [1.54, 1.807) is 13.2 Å². The van der Waals surface area contributed by atoms with Crippen molar-refractivity contribution < 1.29 is 4.74 Å². The monoisotopic (exact) mass is 289 g/mol. The Bertz CT molecular complexity index is 382. The third kappa shape index (κ3) is 4.13. The van der Waals surface area contributed by atoms with Gasteiger partial charge in [0.1, 0.15) is 0 Å². The number of ether oxygens (including phenoxy) is 1. The van der Waals surface area contributed by atoms with Crippen LogP contribution in [0.25, 0.3) is 0 Å². The van der Waals surface area contributed by atoms with Crippen molar-refractivity contribution in [1.82, 2.24) is 5.32 Å². The number of hydrogen-bond acceptors (Lipinski definition) is 2. The van der Waals surface area contributed by atoms with Gasteiger partial charge in [0.2, 0.25) is 0 Å². The second-order valence-electron chi connectivity index (χ2n) is 4.84. The third-order valence-electron chi connectivity index (χ3n) is 3.06. The maximum absolute atomic E-state index is 6.22. The van der Waals surface area contributed by atoms with Crippen LogP contribution in [0, 0.1) is 5.92 Å². The smallest absolute Gasteiger partial charge is 0.0639 e. The van der Waals surface area contributed by atoms with Crippen molar-refractivity contribution in [2.75, 3.05) is 13.7 Å². The van der Waals surface area contributed by atoms with Gasteiger partial charge < -0.3 is 10.1 Å². The summed E-state index contributed by atoms with van der Waals surface area (Å²) in [5.41, 5.74) is 1.02. The maximum Gasteiger partial charge on any atom is 0.0639 e. The van der Waals surface area contributed by atoms with Crippen LogP contribution in [0.3, 0.4) is 0 Å². The van der Waals surface area contributed by atoms with E-state index in [9.17, 15) is 0 Å². The lowest BCUT2D eigenvalue weighted by molar-refractivity contribution is 0.141. The van der Waals surface area contributed by atoms with Crippen LogP contribution in [-0.2, 0) is 4.74 Å². The fraction of sp³-hybridized carbons (Fsp3) is 0.571. The molecule has 18 heavy (non-hydrogen) atoms. The molecule has 0 aliphatic carbocycles. The molecule has 0 aliphatic rings. The second-order valence-corrected chi connectivity index (χ2v) is 5.62. The topological polar surface area (TPSA) is 21.3 Å². The summed E-state index contributed by atoms with van der Waals surface area (Å²) < 4.78 is 5.23. The molecule has 0 bridgehead atoms. The molecule has 0 aromatic heterocycles. The first kappa shape index (κ1) is 15.8. The lowest BCUT2D eigenvalue weighted by Crippen LogP contribution is -2.39. The van der Waals surface area contributed by atoms with Crippen LogP contribution in [0.4, 0.5) is 0 Å². The minimum absolute atomic E-state index is 0.138. The molecular formula is C14H21Cl2NO. The number of nitrogens with one attached hydrogen (secondary N) is 1. The summed E-state index contributed by atoms with van der Waals surface area (Å²) in [6.45, 7) is 7.11. The molecule has 0 heterocycles. The highest BCUT2D eigenvalue weighted by Crippen LogP contribution is 2.30. The molecule has 1 aromatic carbocycles. The van der Waals surface area contributed by atoms with E-state index in [0.29, 0.717) is 28.6 Å². The third-order valence-corrected chi connectivity index (χ3v) is 3.90. The average Bonchev–Trinajstić information content (AvgIpc) is 2.31. The van der Waals surface area contributed by atoms with Gasteiger partial charge in [0.05, 0.1) is 16.7 Å².